The number of benzene rings is 1. The summed E-state index contributed by atoms with van der Waals surface area (Å²) < 4.78 is 0. The minimum Gasteiger partial charge on any atom is -0.369 e. The van der Waals surface area contributed by atoms with Crippen molar-refractivity contribution in [2.45, 2.75) is 31.7 Å². The molecule has 4 heterocycles. The van der Waals surface area contributed by atoms with Crippen molar-refractivity contribution < 1.29 is 19.2 Å². The van der Waals surface area contributed by atoms with Crippen molar-refractivity contribution in [2.75, 3.05) is 63.8 Å². The average molecular weight is 483 g/mol. The van der Waals surface area contributed by atoms with Crippen LogP contribution in [0.5, 0.6) is 0 Å². The zero-order chi connectivity index (χ0) is 24.5. The standard InChI is InChI=1S/C25H34N6O4/c26-7-10-28-8-5-17(6-9-28)16-29-11-13-30(14-12-29)18-1-2-19-20(15-18)25(35)31(24(19)34)21-3-4-22(32)27-23(21)33/h1-2,15,17,21H,3-14,16,26H2,(H,27,32,33). The first kappa shape index (κ1) is 23.9. The van der Waals surface area contributed by atoms with Crippen molar-refractivity contribution in [3.8, 4) is 0 Å². The summed E-state index contributed by atoms with van der Waals surface area (Å²) in [6, 6.07) is 4.43. The Bertz CT molecular complexity index is 1010. The van der Waals surface area contributed by atoms with Gasteiger partial charge in [0.05, 0.1) is 11.1 Å². The molecule has 3 fully saturated rings. The number of nitrogens with two attached hydrogens (primary N) is 1. The number of imide groups is 2. The van der Waals surface area contributed by atoms with E-state index in [0.717, 1.165) is 75.4 Å². The van der Waals surface area contributed by atoms with Crippen LogP contribution >= 0.6 is 0 Å². The van der Waals surface area contributed by atoms with Crippen LogP contribution in [0.2, 0.25) is 0 Å². The van der Waals surface area contributed by atoms with E-state index in [4.69, 9.17) is 5.73 Å². The lowest BCUT2D eigenvalue weighted by molar-refractivity contribution is -0.136. The Hall–Kier alpha value is -2.82. The highest BCUT2D eigenvalue weighted by molar-refractivity contribution is 6.23. The Balaban J connectivity index is 1.18. The second kappa shape index (κ2) is 10.0. The van der Waals surface area contributed by atoms with Crippen LogP contribution in [-0.2, 0) is 9.59 Å². The summed E-state index contributed by atoms with van der Waals surface area (Å²) in [6.45, 7) is 8.79. The first-order valence-corrected chi connectivity index (χ1v) is 12.7. The van der Waals surface area contributed by atoms with Gasteiger partial charge in [-0.3, -0.25) is 34.3 Å². The smallest absolute Gasteiger partial charge is 0.262 e. The van der Waals surface area contributed by atoms with Gasteiger partial charge in [-0.2, -0.15) is 0 Å². The summed E-state index contributed by atoms with van der Waals surface area (Å²) in [5.41, 5.74) is 7.26. The molecule has 5 rings (SSSR count). The van der Waals surface area contributed by atoms with Gasteiger partial charge >= 0.3 is 0 Å². The highest BCUT2D eigenvalue weighted by Gasteiger charge is 2.44. The van der Waals surface area contributed by atoms with Crippen molar-refractivity contribution in [3.63, 3.8) is 0 Å². The van der Waals surface area contributed by atoms with E-state index >= 15 is 0 Å². The maximum absolute atomic E-state index is 13.1. The number of carbonyl (C=O) groups excluding carboxylic acids is 4. The van der Waals surface area contributed by atoms with E-state index in [1.54, 1.807) is 12.1 Å². The van der Waals surface area contributed by atoms with Crippen LogP contribution in [0.25, 0.3) is 0 Å². The van der Waals surface area contributed by atoms with Crippen LogP contribution < -0.4 is 16.0 Å². The normalized spacial score (nSPS) is 24.8. The van der Waals surface area contributed by atoms with Crippen molar-refractivity contribution in [1.82, 2.24) is 20.0 Å². The van der Waals surface area contributed by atoms with Crippen molar-refractivity contribution in [2.24, 2.45) is 11.7 Å². The Labute approximate surface area is 205 Å². The zero-order valence-corrected chi connectivity index (χ0v) is 20.1. The van der Waals surface area contributed by atoms with Crippen LogP contribution in [0.3, 0.4) is 0 Å². The van der Waals surface area contributed by atoms with Gasteiger partial charge in [-0.05, 0) is 56.5 Å². The monoisotopic (exact) mass is 482 g/mol. The molecule has 0 aromatic heterocycles. The fraction of sp³-hybridized carbons (Fsp3) is 0.600. The van der Waals surface area contributed by atoms with Crippen LogP contribution in [-0.4, -0.2) is 103 Å². The van der Waals surface area contributed by atoms with E-state index in [0.29, 0.717) is 11.1 Å². The zero-order valence-electron chi connectivity index (χ0n) is 20.1. The molecule has 10 nitrogen and oxygen atoms in total. The molecule has 1 atom stereocenters. The SMILES string of the molecule is NCCN1CCC(CN2CCN(c3ccc4c(c3)C(=O)N(C3CCC(=O)NC3=O)C4=O)CC2)CC1. The molecule has 4 aliphatic heterocycles. The Morgan fingerprint density at radius 1 is 0.857 bits per heavy atom. The van der Waals surface area contributed by atoms with Gasteiger partial charge in [0.15, 0.2) is 0 Å². The van der Waals surface area contributed by atoms with Gasteiger partial charge in [-0.25, -0.2) is 0 Å². The summed E-state index contributed by atoms with van der Waals surface area (Å²) in [6.07, 6.45) is 2.73. The van der Waals surface area contributed by atoms with E-state index < -0.39 is 23.8 Å². The molecule has 0 bridgehead atoms. The van der Waals surface area contributed by atoms with Crippen molar-refractivity contribution in [1.29, 1.82) is 0 Å². The molecular weight excluding hydrogens is 448 g/mol. The highest BCUT2D eigenvalue weighted by atomic mass is 16.2. The van der Waals surface area contributed by atoms with E-state index in [2.05, 4.69) is 20.0 Å². The fourth-order valence-corrected chi connectivity index (χ4v) is 5.78. The summed E-state index contributed by atoms with van der Waals surface area (Å²) in [7, 11) is 0. The molecule has 1 unspecified atom stereocenters. The maximum Gasteiger partial charge on any atom is 0.262 e. The third-order valence-electron chi connectivity index (χ3n) is 7.83. The van der Waals surface area contributed by atoms with Gasteiger partial charge in [-0.1, -0.05) is 0 Å². The second-order valence-corrected chi connectivity index (χ2v) is 10.0. The number of nitrogens with one attached hydrogen (secondary N) is 1. The molecule has 3 saturated heterocycles. The van der Waals surface area contributed by atoms with Gasteiger partial charge < -0.3 is 15.5 Å². The average Bonchev–Trinajstić information content (AvgIpc) is 3.10. The first-order chi connectivity index (χ1) is 16.9. The number of fused-ring (bicyclic) bond motifs is 1. The van der Waals surface area contributed by atoms with Gasteiger partial charge in [0.25, 0.3) is 11.8 Å². The third kappa shape index (κ3) is 4.82. The summed E-state index contributed by atoms with van der Waals surface area (Å²) in [5.74, 6) is -1.15. The molecule has 0 radical (unpaired) electrons. The van der Waals surface area contributed by atoms with E-state index in [1.165, 1.54) is 12.8 Å². The molecule has 0 spiro atoms. The van der Waals surface area contributed by atoms with Gasteiger partial charge in [-0.15, -0.1) is 0 Å². The van der Waals surface area contributed by atoms with Crippen LogP contribution in [0, 0.1) is 5.92 Å². The van der Waals surface area contributed by atoms with Gasteiger partial charge in [0.2, 0.25) is 11.8 Å². The van der Waals surface area contributed by atoms with E-state index in [1.807, 2.05) is 6.07 Å². The Kier molecular flexibility index (Phi) is 6.86. The number of amides is 4. The molecule has 4 amide bonds. The largest absolute Gasteiger partial charge is 0.369 e. The minimum atomic E-state index is -0.936. The first-order valence-electron chi connectivity index (χ1n) is 12.7. The Morgan fingerprint density at radius 3 is 2.26 bits per heavy atom. The van der Waals surface area contributed by atoms with E-state index in [-0.39, 0.29) is 18.7 Å². The number of carbonyl (C=O) groups is 4. The number of rotatable bonds is 6. The predicted octanol–water partition coefficient (Wildman–Crippen LogP) is -0.119. The molecular formula is C25H34N6O4. The molecule has 3 N–H and O–H groups in total. The van der Waals surface area contributed by atoms with Crippen LogP contribution in [0.1, 0.15) is 46.4 Å². The van der Waals surface area contributed by atoms with Crippen molar-refractivity contribution in [3.05, 3.63) is 29.3 Å². The van der Waals surface area contributed by atoms with Crippen molar-refractivity contribution >= 4 is 29.3 Å². The summed E-state index contributed by atoms with van der Waals surface area (Å²) >= 11 is 0. The molecule has 0 aliphatic carbocycles. The lowest BCUT2D eigenvalue weighted by Crippen LogP contribution is -2.54. The fourth-order valence-electron chi connectivity index (χ4n) is 5.78. The molecule has 1 aromatic rings. The number of likely N-dealkylation sites (tertiary alicyclic amines) is 1. The quantitative estimate of drug-likeness (QED) is 0.539. The minimum absolute atomic E-state index is 0.117. The lowest BCUT2D eigenvalue weighted by Gasteiger charge is -2.39. The number of hydrogen-bond donors (Lipinski definition) is 2. The molecule has 10 heteroatoms. The molecule has 1 aromatic carbocycles. The number of piperidine rings is 2. The number of piperazine rings is 1. The lowest BCUT2D eigenvalue weighted by atomic mass is 9.96. The number of nitrogens with zero attached hydrogens (tertiary/aromatic N) is 4. The van der Waals surface area contributed by atoms with Crippen LogP contribution in [0.4, 0.5) is 5.69 Å². The van der Waals surface area contributed by atoms with Gasteiger partial charge in [0, 0.05) is 57.9 Å². The Morgan fingerprint density at radius 2 is 1.57 bits per heavy atom. The molecule has 188 valence electrons. The maximum atomic E-state index is 13.1. The molecule has 4 aliphatic rings. The predicted molar refractivity (Wildman–Crippen MR) is 130 cm³/mol. The third-order valence-corrected chi connectivity index (χ3v) is 7.83. The van der Waals surface area contributed by atoms with E-state index in [9.17, 15) is 19.2 Å². The number of hydrogen-bond acceptors (Lipinski definition) is 8. The second-order valence-electron chi connectivity index (χ2n) is 10.0. The van der Waals surface area contributed by atoms with Crippen LogP contribution in [0.15, 0.2) is 18.2 Å². The van der Waals surface area contributed by atoms with Gasteiger partial charge in [0.1, 0.15) is 6.04 Å². The number of anilines is 1. The highest BCUT2D eigenvalue weighted by Crippen LogP contribution is 2.31. The molecule has 0 saturated carbocycles. The molecule has 35 heavy (non-hydrogen) atoms. The topological polar surface area (TPSA) is 119 Å². The summed E-state index contributed by atoms with van der Waals surface area (Å²) in [5, 5.41) is 2.23. The summed E-state index contributed by atoms with van der Waals surface area (Å²) in [4.78, 5) is 58.0.